The van der Waals surface area contributed by atoms with Crippen LogP contribution in [0, 0.1) is 0 Å². The fourth-order valence-corrected chi connectivity index (χ4v) is 2.08. The molecule has 11 heteroatoms. The SMILES string of the molecule is CCC(F)(F)C(F)(F)CC1(F)OC(C)(C(F)(F)F)OC1(F)CC. The minimum absolute atomic E-state index is 0.0778. The Kier molecular flexibility index (Phi) is 4.77. The van der Waals surface area contributed by atoms with E-state index >= 15 is 0 Å². The summed E-state index contributed by atoms with van der Waals surface area (Å²) in [4.78, 5) is 0. The second-order valence-electron chi connectivity index (χ2n) is 5.40. The molecule has 0 aromatic heterocycles. The molecule has 138 valence electrons. The Hall–Kier alpha value is -0.710. The summed E-state index contributed by atoms with van der Waals surface area (Å²) in [6.07, 6.45) is -10.7. The van der Waals surface area contributed by atoms with Gasteiger partial charge in [0, 0.05) is 12.8 Å². The molecule has 0 amide bonds. The van der Waals surface area contributed by atoms with E-state index in [0.29, 0.717) is 6.92 Å². The van der Waals surface area contributed by atoms with Crippen molar-refractivity contribution in [2.45, 2.75) is 75.6 Å². The van der Waals surface area contributed by atoms with Crippen LogP contribution >= 0.6 is 0 Å². The summed E-state index contributed by atoms with van der Waals surface area (Å²) in [5, 5.41) is 0. The van der Waals surface area contributed by atoms with Crippen molar-refractivity contribution in [3.05, 3.63) is 0 Å². The van der Waals surface area contributed by atoms with Crippen molar-refractivity contribution in [2.75, 3.05) is 0 Å². The van der Waals surface area contributed by atoms with Crippen molar-refractivity contribution in [3.8, 4) is 0 Å². The van der Waals surface area contributed by atoms with Gasteiger partial charge in [0.05, 0.1) is 6.42 Å². The molecule has 3 atom stereocenters. The fourth-order valence-electron chi connectivity index (χ4n) is 2.08. The zero-order chi connectivity index (χ0) is 18.5. The summed E-state index contributed by atoms with van der Waals surface area (Å²) in [6, 6.07) is 0. The Morgan fingerprint density at radius 1 is 0.783 bits per heavy atom. The van der Waals surface area contributed by atoms with Crippen LogP contribution in [0.2, 0.25) is 0 Å². The summed E-state index contributed by atoms with van der Waals surface area (Å²) < 4.78 is 128. The molecule has 23 heavy (non-hydrogen) atoms. The average molecular weight is 362 g/mol. The highest BCUT2D eigenvalue weighted by Gasteiger charge is 2.77. The second kappa shape index (κ2) is 5.40. The lowest BCUT2D eigenvalue weighted by Crippen LogP contribution is -2.53. The van der Waals surface area contributed by atoms with Crippen molar-refractivity contribution >= 4 is 0 Å². The van der Waals surface area contributed by atoms with E-state index in [4.69, 9.17) is 0 Å². The fraction of sp³-hybridized carbons (Fsp3) is 1.00. The van der Waals surface area contributed by atoms with Crippen LogP contribution in [-0.4, -0.2) is 35.5 Å². The van der Waals surface area contributed by atoms with Crippen molar-refractivity contribution in [1.82, 2.24) is 0 Å². The predicted octanol–water partition coefficient (Wildman–Crippen LogP) is 5.12. The molecule has 0 saturated carbocycles. The Bertz CT molecular complexity index is 452. The molecule has 2 nitrogen and oxygen atoms in total. The predicted molar refractivity (Wildman–Crippen MR) is 59.4 cm³/mol. The van der Waals surface area contributed by atoms with Crippen molar-refractivity contribution in [1.29, 1.82) is 0 Å². The standard InChI is InChI=1S/C12H15F9O2/c1-4-8(13,14)9(15,16)6-11(18)10(17,5-2)22-7(3,23-11)12(19,20)21/h4-6H2,1-3H3. The number of hydrogen-bond donors (Lipinski definition) is 0. The minimum Gasteiger partial charge on any atom is -0.300 e. The summed E-state index contributed by atoms with van der Waals surface area (Å²) >= 11 is 0. The van der Waals surface area contributed by atoms with Crippen LogP contribution in [0.4, 0.5) is 39.5 Å². The van der Waals surface area contributed by atoms with Gasteiger partial charge in [0.1, 0.15) is 0 Å². The van der Waals surface area contributed by atoms with Gasteiger partial charge in [-0.2, -0.15) is 30.7 Å². The first-order valence-electron chi connectivity index (χ1n) is 6.60. The molecular formula is C12H15F9O2. The van der Waals surface area contributed by atoms with E-state index in [1.54, 1.807) is 0 Å². The van der Waals surface area contributed by atoms with Crippen molar-refractivity contribution in [2.24, 2.45) is 0 Å². The third-order valence-electron chi connectivity index (χ3n) is 3.67. The van der Waals surface area contributed by atoms with Crippen LogP contribution in [0.25, 0.3) is 0 Å². The topological polar surface area (TPSA) is 18.5 Å². The van der Waals surface area contributed by atoms with Gasteiger partial charge >= 0.3 is 18.0 Å². The molecule has 1 rings (SSSR count). The molecule has 0 spiro atoms. The lowest BCUT2D eigenvalue weighted by atomic mass is 9.95. The van der Waals surface area contributed by atoms with Gasteiger partial charge in [0.15, 0.2) is 0 Å². The minimum atomic E-state index is -5.48. The zero-order valence-electron chi connectivity index (χ0n) is 12.3. The largest absolute Gasteiger partial charge is 0.443 e. The number of alkyl halides is 9. The van der Waals surface area contributed by atoms with Gasteiger partial charge < -0.3 is 4.74 Å². The van der Waals surface area contributed by atoms with Gasteiger partial charge in [-0.15, -0.1) is 0 Å². The molecule has 3 unspecified atom stereocenters. The molecule has 0 radical (unpaired) electrons. The molecular weight excluding hydrogens is 347 g/mol. The number of hydrogen-bond acceptors (Lipinski definition) is 2. The smallest absolute Gasteiger partial charge is 0.300 e. The van der Waals surface area contributed by atoms with Crippen LogP contribution in [0.15, 0.2) is 0 Å². The Balaban J connectivity index is 3.27. The van der Waals surface area contributed by atoms with Gasteiger partial charge in [0.25, 0.3) is 17.5 Å². The van der Waals surface area contributed by atoms with E-state index in [2.05, 4.69) is 9.47 Å². The van der Waals surface area contributed by atoms with Crippen LogP contribution < -0.4 is 0 Å². The maximum absolute atomic E-state index is 14.5. The maximum atomic E-state index is 14.5. The number of rotatable bonds is 5. The third kappa shape index (κ3) is 3.13. The lowest BCUT2D eigenvalue weighted by Gasteiger charge is -2.34. The molecule has 0 aliphatic carbocycles. The first-order valence-corrected chi connectivity index (χ1v) is 6.60. The molecule has 0 aromatic rings. The van der Waals surface area contributed by atoms with E-state index in [0.717, 1.165) is 6.92 Å². The molecule has 0 bridgehead atoms. The Morgan fingerprint density at radius 3 is 1.57 bits per heavy atom. The number of ether oxygens (including phenoxy) is 2. The summed E-state index contributed by atoms with van der Waals surface area (Å²) in [6.45, 7) is 1.54. The van der Waals surface area contributed by atoms with Crippen molar-refractivity contribution < 1.29 is 49.0 Å². The first kappa shape index (κ1) is 20.3. The van der Waals surface area contributed by atoms with E-state index in [1.165, 1.54) is 0 Å². The van der Waals surface area contributed by atoms with Gasteiger partial charge in [-0.25, -0.2) is 8.78 Å². The maximum Gasteiger partial charge on any atom is 0.443 e. The molecule has 1 saturated heterocycles. The van der Waals surface area contributed by atoms with Crippen LogP contribution in [0.1, 0.15) is 40.0 Å². The van der Waals surface area contributed by atoms with Crippen molar-refractivity contribution in [3.63, 3.8) is 0 Å². The highest BCUT2D eigenvalue weighted by Crippen LogP contribution is 2.58. The molecule has 0 N–H and O–H groups in total. The van der Waals surface area contributed by atoms with Crippen LogP contribution in [0.5, 0.6) is 0 Å². The van der Waals surface area contributed by atoms with Gasteiger partial charge in [-0.05, 0) is 6.92 Å². The molecule has 0 aromatic carbocycles. The number of halogens is 9. The first-order chi connectivity index (χ1) is 9.99. The quantitative estimate of drug-likeness (QED) is 0.632. The second-order valence-corrected chi connectivity index (χ2v) is 5.40. The average Bonchev–Trinajstić information content (AvgIpc) is 2.56. The summed E-state index contributed by atoms with van der Waals surface area (Å²) in [7, 11) is 0. The highest BCUT2D eigenvalue weighted by atomic mass is 19.4. The van der Waals surface area contributed by atoms with E-state index in [-0.39, 0.29) is 6.92 Å². The van der Waals surface area contributed by atoms with Gasteiger partial charge in [-0.3, -0.25) is 4.74 Å². The monoisotopic (exact) mass is 362 g/mol. The summed E-state index contributed by atoms with van der Waals surface area (Å²) in [5.74, 6) is -22.2. The third-order valence-corrected chi connectivity index (χ3v) is 3.67. The van der Waals surface area contributed by atoms with Crippen LogP contribution in [0.3, 0.4) is 0 Å². The van der Waals surface area contributed by atoms with Gasteiger partial charge in [0.2, 0.25) is 0 Å². The molecule has 1 heterocycles. The summed E-state index contributed by atoms with van der Waals surface area (Å²) in [5.41, 5.74) is 0. The molecule has 1 aliphatic rings. The Morgan fingerprint density at radius 2 is 1.22 bits per heavy atom. The van der Waals surface area contributed by atoms with Gasteiger partial charge in [-0.1, -0.05) is 13.8 Å². The highest BCUT2D eigenvalue weighted by molar-refractivity contribution is 5.02. The molecule has 1 aliphatic heterocycles. The normalized spacial score (nSPS) is 36.5. The van der Waals surface area contributed by atoms with E-state index in [1.807, 2.05) is 0 Å². The lowest BCUT2D eigenvalue weighted by molar-refractivity contribution is -0.364. The molecule has 1 fully saturated rings. The zero-order valence-corrected chi connectivity index (χ0v) is 12.3. The van der Waals surface area contributed by atoms with Crippen LogP contribution in [-0.2, 0) is 9.47 Å². The van der Waals surface area contributed by atoms with E-state index < -0.39 is 54.8 Å². The van der Waals surface area contributed by atoms with E-state index in [9.17, 15) is 39.5 Å². The Labute approximate surface area is 125 Å².